The lowest BCUT2D eigenvalue weighted by molar-refractivity contribution is -0.120. The maximum absolute atomic E-state index is 11.4. The number of rotatable bonds is 5. The van der Waals surface area contributed by atoms with Gasteiger partial charge in [-0.1, -0.05) is 0 Å². The van der Waals surface area contributed by atoms with Crippen LogP contribution >= 0.6 is 11.6 Å². The van der Waals surface area contributed by atoms with Crippen molar-refractivity contribution in [3.05, 3.63) is 12.2 Å². The van der Waals surface area contributed by atoms with Crippen LogP contribution in [0.25, 0.3) is 11.2 Å². The molecule has 2 aromatic rings. The van der Waals surface area contributed by atoms with Gasteiger partial charge in [0.05, 0.1) is 7.11 Å². The largest absolute Gasteiger partial charge is 0.479 e. The molecule has 102 valence electrons. The fourth-order valence-electron chi connectivity index (χ4n) is 1.88. The van der Waals surface area contributed by atoms with Crippen LogP contribution in [-0.2, 0) is 11.2 Å². The highest BCUT2D eigenvalue weighted by Gasteiger charge is 2.22. The number of imidazole rings is 1. The summed E-state index contributed by atoms with van der Waals surface area (Å²) in [4.78, 5) is 24.0. The standard InChI is InChI=1S/C11H14ClN5O2/c1-6(9(13)18)17-7(3-4-12)16-8-10(17)14-5-15-11(8)19-2/h5-6H,3-4H2,1-2H3,(H2,13,18). The van der Waals surface area contributed by atoms with E-state index in [0.29, 0.717) is 35.2 Å². The summed E-state index contributed by atoms with van der Waals surface area (Å²) < 4.78 is 6.81. The van der Waals surface area contributed by atoms with Crippen molar-refractivity contribution in [2.75, 3.05) is 13.0 Å². The highest BCUT2D eigenvalue weighted by Crippen LogP contribution is 2.25. The first-order valence-electron chi connectivity index (χ1n) is 5.71. The molecule has 0 saturated heterocycles. The summed E-state index contributed by atoms with van der Waals surface area (Å²) in [6, 6.07) is -0.567. The van der Waals surface area contributed by atoms with E-state index in [9.17, 15) is 4.79 Å². The fourth-order valence-corrected chi connectivity index (χ4v) is 2.05. The number of hydrogen-bond acceptors (Lipinski definition) is 5. The van der Waals surface area contributed by atoms with E-state index < -0.39 is 11.9 Å². The molecule has 2 aromatic heterocycles. The number of alkyl halides is 1. The van der Waals surface area contributed by atoms with Gasteiger partial charge in [0.2, 0.25) is 11.8 Å². The molecule has 2 N–H and O–H groups in total. The molecular weight excluding hydrogens is 270 g/mol. The molecule has 0 aliphatic carbocycles. The van der Waals surface area contributed by atoms with Crippen LogP contribution in [0.4, 0.5) is 0 Å². The molecule has 0 aliphatic heterocycles. The molecule has 2 rings (SSSR count). The Labute approximate surface area is 114 Å². The lowest BCUT2D eigenvalue weighted by Gasteiger charge is -2.13. The summed E-state index contributed by atoms with van der Waals surface area (Å²) in [5.41, 5.74) is 6.37. The summed E-state index contributed by atoms with van der Waals surface area (Å²) in [5, 5.41) is 0. The third-order valence-corrected chi connectivity index (χ3v) is 3.02. The van der Waals surface area contributed by atoms with Gasteiger partial charge in [0.15, 0.2) is 11.2 Å². The molecule has 0 aromatic carbocycles. The number of methoxy groups -OCH3 is 1. The van der Waals surface area contributed by atoms with Gasteiger partial charge in [0, 0.05) is 12.3 Å². The first-order chi connectivity index (χ1) is 9.10. The highest BCUT2D eigenvalue weighted by atomic mass is 35.5. The summed E-state index contributed by atoms with van der Waals surface area (Å²) in [6.07, 6.45) is 1.86. The first-order valence-corrected chi connectivity index (χ1v) is 6.24. The van der Waals surface area contributed by atoms with Crippen LogP contribution < -0.4 is 10.5 Å². The van der Waals surface area contributed by atoms with E-state index in [-0.39, 0.29) is 0 Å². The van der Waals surface area contributed by atoms with E-state index in [2.05, 4.69) is 15.0 Å². The van der Waals surface area contributed by atoms with E-state index in [1.54, 1.807) is 11.5 Å². The predicted molar refractivity (Wildman–Crippen MR) is 70.2 cm³/mol. The Bertz CT molecular complexity index is 612. The smallest absolute Gasteiger partial charge is 0.245 e. The molecular formula is C11H14ClN5O2. The molecule has 0 fully saturated rings. The van der Waals surface area contributed by atoms with Gasteiger partial charge in [-0.2, -0.15) is 4.98 Å². The lowest BCUT2D eigenvalue weighted by Crippen LogP contribution is -2.25. The van der Waals surface area contributed by atoms with Gasteiger partial charge in [0.1, 0.15) is 18.2 Å². The molecule has 0 spiro atoms. The molecule has 2 heterocycles. The zero-order valence-electron chi connectivity index (χ0n) is 10.6. The molecule has 19 heavy (non-hydrogen) atoms. The Hall–Kier alpha value is -1.89. The minimum atomic E-state index is -0.567. The van der Waals surface area contributed by atoms with Crippen molar-refractivity contribution in [3.8, 4) is 5.88 Å². The van der Waals surface area contributed by atoms with Crippen LogP contribution in [0, 0.1) is 0 Å². The molecule has 7 nitrogen and oxygen atoms in total. The second-order valence-corrected chi connectivity index (χ2v) is 4.35. The van der Waals surface area contributed by atoms with Crippen molar-refractivity contribution in [3.63, 3.8) is 0 Å². The Morgan fingerprint density at radius 2 is 2.32 bits per heavy atom. The molecule has 0 bridgehead atoms. The number of nitrogens with two attached hydrogens (primary N) is 1. The number of halogens is 1. The second-order valence-electron chi connectivity index (χ2n) is 3.97. The van der Waals surface area contributed by atoms with Crippen molar-refractivity contribution >= 4 is 28.7 Å². The zero-order valence-corrected chi connectivity index (χ0v) is 11.4. The van der Waals surface area contributed by atoms with Gasteiger partial charge in [-0.25, -0.2) is 9.97 Å². The maximum Gasteiger partial charge on any atom is 0.245 e. The molecule has 1 unspecified atom stereocenters. The number of ether oxygens (including phenoxy) is 1. The minimum absolute atomic E-state index is 0.358. The van der Waals surface area contributed by atoms with Crippen molar-refractivity contribution < 1.29 is 9.53 Å². The summed E-state index contributed by atoms with van der Waals surface area (Å²) in [7, 11) is 1.50. The number of aryl methyl sites for hydroxylation is 1. The quantitative estimate of drug-likeness (QED) is 0.813. The molecule has 1 atom stereocenters. The van der Waals surface area contributed by atoms with Crippen LogP contribution in [-0.4, -0.2) is 38.4 Å². The third-order valence-electron chi connectivity index (χ3n) is 2.83. The van der Waals surface area contributed by atoms with Crippen molar-refractivity contribution in [2.45, 2.75) is 19.4 Å². The minimum Gasteiger partial charge on any atom is -0.479 e. The van der Waals surface area contributed by atoms with E-state index in [4.69, 9.17) is 22.1 Å². The van der Waals surface area contributed by atoms with Crippen LogP contribution in [0.3, 0.4) is 0 Å². The Balaban J connectivity index is 2.70. The van der Waals surface area contributed by atoms with E-state index in [1.807, 2.05) is 0 Å². The van der Waals surface area contributed by atoms with Gasteiger partial charge in [0.25, 0.3) is 0 Å². The van der Waals surface area contributed by atoms with Gasteiger partial charge in [-0.3, -0.25) is 4.79 Å². The van der Waals surface area contributed by atoms with E-state index in [1.165, 1.54) is 13.4 Å². The summed E-state index contributed by atoms with van der Waals surface area (Å²) in [5.74, 6) is 0.906. The number of hydrogen-bond donors (Lipinski definition) is 1. The lowest BCUT2D eigenvalue weighted by atomic mass is 10.3. The Kier molecular flexibility index (Phi) is 3.84. The Morgan fingerprint density at radius 3 is 2.89 bits per heavy atom. The SMILES string of the molecule is COc1ncnc2c1nc(CCCl)n2C(C)C(N)=O. The van der Waals surface area contributed by atoms with Crippen LogP contribution in [0.2, 0.25) is 0 Å². The fraction of sp³-hybridized carbons (Fsp3) is 0.455. The number of amides is 1. The number of carbonyl (C=O) groups is 1. The number of primary amides is 1. The number of aromatic nitrogens is 4. The average molecular weight is 284 g/mol. The van der Waals surface area contributed by atoms with Crippen LogP contribution in [0.5, 0.6) is 5.88 Å². The van der Waals surface area contributed by atoms with E-state index >= 15 is 0 Å². The first kappa shape index (κ1) is 13.5. The van der Waals surface area contributed by atoms with Crippen LogP contribution in [0.1, 0.15) is 18.8 Å². The zero-order chi connectivity index (χ0) is 14.0. The van der Waals surface area contributed by atoms with Gasteiger partial charge < -0.3 is 15.0 Å². The Morgan fingerprint density at radius 1 is 1.58 bits per heavy atom. The number of nitrogens with zero attached hydrogens (tertiary/aromatic N) is 4. The molecule has 0 saturated carbocycles. The van der Waals surface area contributed by atoms with Gasteiger partial charge >= 0.3 is 0 Å². The van der Waals surface area contributed by atoms with Crippen molar-refractivity contribution in [1.82, 2.24) is 19.5 Å². The predicted octanol–water partition coefficient (Wildman–Crippen LogP) is 0.662. The highest BCUT2D eigenvalue weighted by molar-refractivity contribution is 6.17. The normalized spacial score (nSPS) is 12.6. The number of fused-ring (bicyclic) bond motifs is 1. The molecule has 8 heteroatoms. The van der Waals surface area contributed by atoms with E-state index in [0.717, 1.165) is 0 Å². The average Bonchev–Trinajstić information content (AvgIpc) is 2.75. The van der Waals surface area contributed by atoms with Gasteiger partial charge in [-0.15, -0.1) is 11.6 Å². The van der Waals surface area contributed by atoms with Crippen LogP contribution in [0.15, 0.2) is 6.33 Å². The summed E-state index contributed by atoms with van der Waals surface area (Å²) in [6.45, 7) is 1.69. The number of carbonyl (C=O) groups excluding carboxylic acids is 1. The molecule has 1 amide bonds. The monoisotopic (exact) mass is 283 g/mol. The topological polar surface area (TPSA) is 95.9 Å². The molecule has 0 aliphatic rings. The maximum atomic E-state index is 11.4. The second kappa shape index (κ2) is 5.40. The van der Waals surface area contributed by atoms with Crippen molar-refractivity contribution in [2.24, 2.45) is 5.73 Å². The van der Waals surface area contributed by atoms with Gasteiger partial charge in [-0.05, 0) is 6.92 Å². The molecule has 0 radical (unpaired) electrons. The third kappa shape index (κ3) is 2.33. The van der Waals surface area contributed by atoms with Crippen molar-refractivity contribution in [1.29, 1.82) is 0 Å². The summed E-state index contributed by atoms with van der Waals surface area (Å²) >= 11 is 5.76.